The molecule has 0 saturated carbocycles. The molecule has 2 heteroatoms. The summed E-state index contributed by atoms with van der Waals surface area (Å²) in [6.07, 6.45) is 5.36. The Hall–Kier alpha value is -0.810. The summed E-state index contributed by atoms with van der Waals surface area (Å²) in [5, 5.41) is 12.4. The minimum absolute atomic E-state index is 0.0311. The van der Waals surface area contributed by atoms with E-state index in [1.54, 1.807) is 0 Å². The molecule has 0 aromatic rings. The SMILES string of the molecule is C/C=C(\C)CNC(C#N)CC(C)(C)CCC. The Morgan fingerprint density at radius 3 is 2.56 bits per heavy atom. The van der Waals surface area contributed by atoms with Gasteiger partial charge >= 0.3 is 0 Å². The molecule has 0 fully saturated rings. The summed E-state index contributed by atoms with van der Waals surface area (Å²) in [7, 11) is 0. The van der Waals surface area contributed by atoms with Crippen LogP contribution in [0, 0.1) is 16.7 Å². The second-order valence-electron chi connectivity index (χ2n) is 5.32. The third kappa shape index (κ3) is 6.63. The molecule has 0 spiro atoms. The summed E-state index contributed by atoms with van der Waals surface area (Å²) in [4.78, 5) is 0. The molecule has 0 rings (SSSR count). The van der Waals surface area contributed by atoms with Crippen molar-refractivity contribution in [3.05, 3.63) is 11.6 Å². The molecule has 0 radical (unpaired) electrons. The zero-order chi connectivity index (χ0) is 12.6. The lowest BCUT2D eigenvalue weighted by atomic mass is 9.82. The lowest BCUT2D eigenvalue weighted by molar-refractivity contribution is 0.281. The fourth-order valence-corrected chi connectivity index (χ4v) is 1.88. The largest absolute Gasteiger partial charge is 0.298 e. The van der Waals surface area contributed by atoms with E-state index in [2.05, 4.69) is 45.2 Å². The molecule has 1 unspecified atom stereocenters. The molecular weight excluding hydrogens is 196 g/mol. The maximum absolute atomic E-state index is 9.11. The van der Waals surface area contributed by atoms with Crippen LogP contribution in [-0.4, -0.2) is 12.6 Å². The maximum atomic E-state index is 9.11. The smallest absolute Gasteiger partial charge is 0.0960 e. The van der Waals surface area contributed by atoms with Gasteiger partial charge in [0.25, 0.3) is 0 Å². The van der Waals surface area contributed by atoms with Gasteiger partial charge in [0, 0.05) is 6.54 Å². The van der Waals surface area contributed by atoms with Gasteiger partial charge in [0.05, 0.1) is 12.1 Å². The van der Waals surface area contributed by atoms with Crippen molar-refractivity contribution in [3.8, 4) is 6.07 Å². The van der Waals surface area contributed by atoms with Crippen molar-refractivity contribution in [2.45, 2.75) is 59.9 Å². The van der Waals surface area contributed by atoms with Crippen molar-refractivity contribution >= 4 is 0 Å². The fraction of sp³-hybridized carbons (Fsp3) is 0.786. The molecule has 0 bridgehead atoms. The van der Waals surface area contributed by atoms with Gasteiger partial charge in [-0.2, -0.15) is 5.26 Å². The number of nitriles is 1. The number of rotatable bonds is 7. The van der Waals surface area contributed by atoms with E-state index in [1.165, 1.54) is 18.4 Å². The third-order valence-corrected chi connectivity index (χ3v) is 2.96. The van der Waals surface area contributed by atoms with Crippen LogP contribution in [0.4, 0.5) is 0 Å². The van der Waals surface area contributed by atoms with Crippen molar-refractivity contribution in [1.29, 1.82) is 5.26 Å². The van der Waals surface area contributed by atoms with Gasteiger partial charge in [0.1, 0.15) is 0 Å². The monoisotopic (exact) mass is 222 g/mol. The average molecular weight is 222 g/mol. The Balaban J connectivity index is 4.16. The normalized spacial score (nSPS) is 14.6. The first-order valence-electron chi connectivity index (χ1n) is 6.20. The summed E-state index contributed by atoms with van der Waals surface area (Å²) >= 11 is 0. The molecule has 1 atom stereocenters. The highest BCUT2D eigenvalue weighted by atomic mass is 14.9. The zero-order valence-corrected chi connectivity index (χ0v) is 11.4. The van der Waals surface area contributed by atoms with E-state index in [1.807, 2.05) is 6.92 Å². The molecule has 16 heavy (non-hydrogen) atoms. The van der Waals surface area contributed by atoms with Crippen LogP contribution in [0.25, 0.3) is 0 Å². The molecule has 0 heterocycles. The number of hydrogen-bond acceptors (Lipinski definition) is 2. The van der Waals surface area contributed by atoms with Gasteiger partial charge < -0.3 is 0 Å². The Kier molecular flexibility index (Phi) is 7.08. The van der Waals surface area contributed by atoms with Gasteiger partial charge in [-0.3, -0.25) is 5.32 Å². The summed E-state index contributed by atoms with van der Waals surface area (Å²) in [6, 6.07) is 2.33. The van der Waals surface area contributed by atoms with Crippen LogP contribution in [0.1, 0.15) is 53.9 Å². The summed E-state index contributed by atoms with van der Waals surface area (Å²) in [5.41, 5.74) is 1.54. The molecule has 0 aliphatic carbocycles. The van der Waals surface area contributed by atoms with Crippen molar-refractivity contribution in [2.75, 3.05) is 6.54 Å². The van der Waals surface area contributed by atoms with Crippen molar-refractivity contribution in [3.63, 3.8) is 0 Å². The van der Waals surface area contributed by atoms with Gasteiger partial charge in [-0.15, -0.1) is 0 Å². The number of nitrogens with one attached hydrogen (secondary N) is 1. The standard InChI is InChI=1S/C14H26N2/c1-6-8-14(4,5)9-13(10-15)16-11-12(3)7-2/h7,13,16H,6,8-9,11H2,1-5H3/b12-7+. The minimum atomic E-state index is -0.0311. The average Bonchev–Trinajstić information content (AvgIpc) is 2.23. The van der Waals surface area contributed by atoms with Gasteiger partial charge in [0.15, 0.2) is 0 Å². The Morgan fingerprint density at radius 2 is 2.12 bits per heavy atom. The number of hydrogen-bond donors (Lipinski definition) is 1. The quantitative estimate of drug-likeness (QED) is 0.667. The van der Waals surface area contributed by atoms with Gasteiger partial charge in [-0.25, -0.2) is 0 Å². The summed E-state index contributed by atoms with van der Waals surface area (Å²) in [5.74, 6) is 0. The van der Waals surface area contributed by atoms with Crippen molar-refractivity contribution < 1.29 is 0 Å². The van der Waals surface area contributed by atoms with E-state index < -0.39 is 0 Å². The van der Waals surface area contributed by atoms with Crippen molar-refractivity contribution in [1.82, 2.24) is 5.32 Å². The zero-order valence-electron chi connectivity index (χ0n) is 11.4. The maximum Gasteiger partial charge on any atom is 0.0960 e. The van der Waals surface area contributed by atoms with E-state index in [0.29, 0.717) is 0 Å². The third-order valence-electron chi connectivity index (χ3n) is 2.96. The Labute approximate surface area is 101 Å². The van der Waals surface area contributed by atoms with Gasteiger partial charge in [-0.05, 0) is 32.1 Å². The van der Waals surface area contributed by atoms with Crippen LogP contribution < -0.4 is 5.32 Å². The Bertz CT molecular complexity index is 258. The highest BCUT2D eigenvalue weighted by Gasteiger charge is 2.21. The van der Waals surface area contributed by atoms with Gasteiger partial charge in [0.2, 0.25) is 0 Å². The van der Waals surface area contributed by atoms with Crippen LogP contribution in [0.2, 0.25) is 0 Å². The van der Waals surface area contributed by atoms with E-state index in [9.17, 15) is 0 Å². The topological polar surface area (TPSA) is 35.8 Å². The van der Waals surface area contributed by atoms with Crippen LogP contribution in [-0.2, 0) is 0 Å². The summed E-state index contributed by atoms with van der Waals surface area (Å²) < 4.78 is 0. The molecule has 0 saturated heterocycles. The molecular formula is C14H26N2. The first-order valence-corrected chi connectivity index (χ1v) is 6.20. The second-order valence-corrected chi connectivity index (χ2v) is 5.32. The van der Waals surface area contributed by atoms with E-state index in [0.717, 1.165) is 13.0 Å². The molecule has 92 valence electrons. The first kappa shape index (κ1) is 15.2. The molecule has 2 nitrogen and oxygen atoms in total. The molecule has 1 N–H and O–H groups in total. The fourth-order valence-electron chi connectivity index (χ4n) is 1.88. The highest BCUT2D eigenvalue weighted by molar-refractivity contribution is 5.02. The number of allylic oxidation sites excluding steroid dienone is 1. The summed E-state index contributed by atoms with van der Waals surface area (Å²) in [6.45, 7) is 11.6. The van der Waals surface area contributed by atoms with Crippen molar-refractivity contribution in [2.24, 2.45) is 5.41 Å². The lowest BCUT2D eigenvalue weighted by Crippen LogP contribution is -2.33. The number of nitrogens with zero attached hydrogens (tertiary/aromatic N) is 1. The van der Waals surface area contributed by atoms with E-state index in [4.69, 9.17) is 5.26 Å². The molecule has 0 aromatic heterocycles. The lowest BCUT2D eigenvalue weighted by Gasteiger charge is -2.27. The second kappa shape index (κ2) is 7.46. The minimum Gasteiger partial charge on any atom is -0.298 e. The van der Waals surface area contributed by atoms with E-state index in [-0.39, 0.29) is 11.5 Å². The Morgan fingerprint density at radius 1 is 1.50 bits per heavy atom. The van der Waals surface area contributed by atoms with Crippen LogP contribution in [0.5, 0.6) is 0 Å². The molecule has 0 aliphatic heterocycles. The first-order chi connectivity index (χ1) is 7.45. The van der Waals surface area contributed by atoms with Gasteiger partial charge in [-0.1, -0.05) is 38.8 Å². The molecule has 0 amide bonds. The van der Waals surface area contributed by atoms with Crippen LogP contribution in [0.3, 0.4) is 0 Å². The molecule has 0 aromatic carbocycles. The molecule has 0 aliphatic rings. The van der Waals surface area contributed by atoms with Crippen LogP contribution in [0.15, 0.2) is 11.6 Å². The predicted molar refractivity (Wildman–Crippen MR) is 70.1 cm³/mol. The van der Waals surface area contributed by atoms with E-state index >= 15 is 0 Å². The van der Waals surface area contributed by atoms with Crippen LogP contribution >= 0.6 is 0 Å². The predicted octanol–water partition coefficient (Wildman–Crippen LogP) is 3.65. The highest BCUT2D eigenvalue weighted by Crippen LogP contribution is 2.27.